The summed E-state index contributed by atoms with van der Waals surface area (Å²) in [6, 6.07) is 18.9. The Hall–Kier alpha value is -3.80. The van der Waals surface area contributed by atoms with Gasteiger partial charge < -0.3 is 19.7 Å². The van der Waals surface area contributed by atoms with E-state index in [1.165, 1.54) is 0 Å². The number of hydrogen-bond donors (Lipinski definition) is 1. The van der Waals surface area contributed by atoms with Gasteiger partial charge >= 0.3 is 0 Å². The average molecular weight is 445 g/mol. The van der Waals surface area contributed by atoms with Crippen LogP contribution in [-0.4, -0.2) is 31.6 Å². The van der Waals surface area contributed by atoms with Crippen LogP contribution in [0.25, 0.3) is 0 Å². The lowest BCUT2D eigenvalue weighted by Crippen LogP contribution is -2.39. The highest BCUT2D eigenvalue weighted by atomic mass is 16.5. The number of nitrogens with zero attached hydrogens (tertiary/aromatic N) is 1. The average Bonchev–Trinajstić information content (AvgIpc) is 2.79. The van der Waals surface area contributed by atoms with Crippen LogP contribution in [0.2, 0.25) is 0 Å². The topological polar surface area (TPSA) is 67.9 Å². The molecule has 2 amide bonds. The van der Waals surface area contributed by atoms with E-state index in [1.54, 1.807) is 23.1 Å². The van der Waals surface area contributed by atoms with Crippen molar-refractivity contribution in [3.05, 3.63) is 82.9 Å². The van der Waals surface area contributed by atoms with Gasteiger partial charge in [0, 0.05) is 17.8 Å². The van der Waals surface area contributed by atoms with Gasteiger partial charge in [0.25, 0.3) is 11.8 Å². The van der Waals surface area contributed by atoms with Crippen LogP contribution in [0.1, 0.15) is 33.5 Å². The monoisotopic (exact) mass is 444 g/mol. The summed E-state index contributed by atoms with van der Waals surface area (Å²) in [5.74, 6) is 1.13. The number of benzene rings is 3. The minimum absolute atomic E-state index is 0.0000855. The lowest BCUT2D eigenvalue weighted by atomic mass is 10.1. The van der Waals surface area contributed by atoms with Gasteiger partial charge in [-0.1, -0.05) is 18.2 Å². The maximum Gasteiger partial charge on any atom is 0.265 e. The van der Waals surface area contributed by atoms with Crippen LogP contribution in [0.3, 0.4) is 0 Å². The zero-order valence-electron chi connectivity index (χ0n) is 19.2. The number of hydrogen-bond acceptors (Lipinski definition) is 4. The normalized spacial score (nSPS) is 12.7. The Bertz CT molecular complexity index is 1190. The number of anilines is 2. The lowest BCUT2D eigenvalue weighted by Gasteiger charge is -2.30. The Morgan fingerprint density at radius 3 is 2.67 bits per heavy atom. The second-order valence-corrected chi connectivity index (χ2v) is 8.29. The summed E-state index contributed by atoms with van der Waals surface area (Å²) in [4.78, 5) is 27.0. The van der Waals surface area contributed by atoms with E-state index in [0.717, 1.165) is 22.4 Å². The van der Waals surface area contributed by atoms with Gasteiger partial charge in [-0.15, -0.1) is 0 Å². The van der Waals surface area contributed by atoms with E-state index in [2.05, 4.69) is 5.32 Å². The molecule has 3 aromatic rings. The zero-order chi connectivity index (χ0) is 23.4. The number of carbonyl (C=O) groups is 2. The zero-order valence-corrected chi connectivity index (χ0v) is 19.2. The van der Waals surface area contributed by atoms with Crippen molar-refractivity contribution >= 4 is 23.2 Å². The summed E-state index contributed by atoms with van der Waals surface area (Å²) in [7, 11) is 0. The molecule has 170 valence electrons. The fraction of sp³-hybridized carbons (Fsp3) is 0.259. The standard InChI is InChI=1S/C27H28N2O4/c1-18-6-4-7-23(14-18)32-13-5-12-29-24-16-22(10-11-25(24)33-17-26(29)30)28-27(31)21-9-8-19(2)20(3)15-21/h4,6-11,14-16H,5,12-13,17H2,1-3H3,(H,28,31). The molecule has 0 radical (unpaired) electrons. The predicted octanol–water partition coefficient (Wildman–Crippen LogP) is 5.06. The summed E-state index contributed by atoms with van der Waals surface area (Å²) in [5.41, 5.74) is 5.19. The van der Waals surface area contributed by atoms with Crippen molar-refractivity contribution in [2.45, 2.75) is 27.2 Å². The van der Waals surface area contributed by atoms with Gasteiger partial charge in [-0.2, -0.15) is 0 Å². The number of nitrogens with one attached hydrogen (secondary N) is 1. The highest BCUT2D eigenvalue weighted by Gasteiger charge is 2.25. The van der Waals surface area contributed by atoms with Crippen LogP contribution in [0.15, 0.2) is 60.7 Å². The number of fused-ring (bicyclic) bond motifs is 1. The molecule has 0 unspecified atom stereocenters. The van der Waals surface area contributed by atoms with Crippen molar-refractivity contribution < 1.29 is 19.1 Å². The Kier molecular flexibility index (Phi) is 6.63. The van der Waals surface area contributed by atoms with Crippen molar-refractivity contribution in [2.75, 3.05) is 30.0 Å². The Balaban J connectivity index is 1.43. The van der Waals surface area contributed by atoms with Crippen LogP contribution in [0, 0.1) is 20.8 Å². The third kappa shape index (κ3) is 5.34. The van der Waals surface area contributed by atoms with Gasteiger partial charge in [-0.05, 0) is 86.3 Å². The molecule has 3 aromatic carbocycles. The number of rotatable bonds is 7. The first-order chi connectivity index (χ1) is 15.9. The van der Waals surface area contributed by atoms with E-state index < -0.39 is 0 Å². The largest absolute Gasteiger partial charge is 0.494 e. The second-order valence-electron chi connectivity index (χ2n) is 8.29. The summed E-state index contributed by atoms with van der Waals surface area (Å²) < 4.78 is 11.4. The molecule has 1 aliphatic heterocycles. The molecule has 0 fully saturated rings. The maximum atomic E-state index is 12.7. The van der Waals surface area contributed by atoms with Crippen LogP contribution < -0.4 is 19.7 Å². The summed E-state index contributed by atoms with van der Waals surface area (Å²) >= 11 is 0. The minimum Gasteiger partial charge on any atom is -0.494 e. The molecule has 1 aliphatic rings. The number of amides is 2. The molecule has 1 N–H and O–H groups in total. The van der Waals surface area contributed by atoms with E-state index in [9.17, 15) is 9.59 Å². The quantitative estimate of drug-likeness (QED) is 0.518. The summed E-state index contributed by atoms with van der Waals surface area (Å²) in [6.07, 6.45) is 0.665. The molecule has 0 aliphatic carbocycles. The maximum absolute atomic E-state index is 12.7. The number of ether oxygens (including phenoxy) is 2. The predicted molar refractivity (Wildman–Crippen MR) is 129 cm³/mol. The number of aryl methyl sites for hydroxylation is 3. The second kappa shape index (κ2) is 9.77. The van der Waals surface area contributed by atoms with E-state index in [0.29, 0.717) is 42.3 Å². The molecule has 0 atom stereocenters. The Morgan fingerprint density at radius 2 is 1.88 bits per heavy atom. The molecule has 0 aromatic heterocycles. The smallest absolute Gasteiger partial charge is 0.265 e. The first kappa shape index (κ1) is 22.4. The molecule has 4 rings (SSSR count). The van der Waals surface area contributed by atoms with E-state index >= 15 is 0 Å². The van der Waals surface area contributed by atoms with Gasteiger partial charge in [0.2, 0.25) is 0 Å². The Labute approximate surface area is 194 Å². The SMILES string of the molecule is Cc1cccc(OCCCN2C(=O)COc3ccc(NC(=O)c4ccc(C)c(C)c4)cc32)c1. The van der Waals surface area contributed by atoms with Gasteiger partial charge in [-0.25, -0.2) is 0 Å². The third-order valence-electron chi connectivity index (χ3n) is 5.71. The molecule has 33 heavy (non-hydrogen) atoms. The van der Waals surface area contributed by atoms with Gasteiger partial charge in [-0.3, -0.25) is 9.59 Å². The fourth-order valence-corrected chi connectivity index (χ4v) is 3.73. The Morgan fingerprint density at radius 1 is 1.03 bits per heavy atom. The molecule has 6 heteroatoms. The fourth-order valence-electron chi connectivity index (χ4n) is 3.73. The van der Waals surface area contributed by atoms with Crippen molar-refractivity contribution in [1.82, 2.24) is 0 Å². The lowest BCUT2D eigenvalue weighted by molar-refractivity contribution is -0.121. The van der Waals surface area contributed by atoms with Gasteiger partial charge in [0.1, 0.15) is 11.5 Å². The molecule has 1 heterocycles. The van der Waals surface area contributed by atoms with Crippen molar-refractivity contribution in [3.8, 4) is 11.5 Å². The first-order valence-electron chi connectivity index (χ1n) is 11.1. The molecule has 0 saturated carbocycles. The van der Waals surface area contributed by atoms with Crippen LogP contribution in [-0.2, 0) is 4.79 Å². The first-order valence-corrected chi connectivity index (χ1v) is 11.1. The van der Waals surface area contributed by atoms with E-state index in [-0.39, 0.29) is 18.4 Å². The summed E-state index contributed by atoms with van der Waals surface area (Å²) in [6.45, 7) is 7.00. The van der Waals surface area contributed by atoms with Gasteiger partial charge in [0.15, 0.2) is 6.61 Å². The molecule has 0 spiro atoms. The van der Waals surface area contributed by atoms with E-state index in [4.69, 9.17) is 9.47 Å². The van der Waals surface area contributed by atoms with E-state index in [1.807, 2.05) is 63.2 Å². The minimum atomic E-state index is -0.195. The van der Waals surface area contributed by atoms with Crippen molar-refractivity contribution in [1.29, 1.82) is 0 Å². The molecular weight excluding hydrogens is 416 g/mol. The van der Waals surface area contributed by atoms with Crippen LogP contribution >= 0.6 is 0 Å². The van der Waals surface area contributed by atoms with Crippen molar-refractivity contribution in [2.24, 2.45) is 0 Å². The highest BCUT2D eigenvalue weighted by molar-refractivity contribution is 6.05. The molecule has 0 saturated heterocycles. The van der Waals surface area contributed by atoms with Gasteiger partial charge in [0.05, 0.1) is 12.3 Å². The van der Waals surface area contributed by atoms with Crippen LogP contribution in [0.5, 0.6) is 11.5 Å². The molecule has 6 nitrogen and oxygen atoms in total. The van der Waals surface area contributed by atoms with Crippen LogP contribution in [0.4, 0.5) is 11.4 Å². The highest BCUT2D eigenvalue weighted by Crippen LogP contribution is 2.35. The summed E-state index contributed by atoms with van der Waals surface area (Å²) in [5, 5.41) is 2.93. The number of carbonyl (C=O) groups excluding carboxylic acids is 2. The molecular formula is C27H28N2O4. The van der Waals surface area contributed by atoms with Crippen molar-refractivity contribution in [3.63, 3.8) is 0 Å². The third-order valence-corrected chi connectivity index (χ3v) is 5.71. The molecule has 0 bridgehead atoms.